The lowest BCUT2D eigenvalue weighted by Crippen LogP contribution is -2.28. The first-order valence-corrected chi connectivity index (χ1v) is 8.43. The highest BCUT2D eigenvalue weighted by atomic mass is 35.5. The molecule has 1 aromatic rings. The van der Waals surface area contributed by atoms with E-state index in [1.165, 1.54) is 6.07 Å². The molecule has 8 heteroatoms. The van der Waals surface area contributed by atoms with Crippen molar-refractivity contribution in [2.45, 2.75) is 11.4 Å². The van der Waals surface area contributed by atoms with Gasteiger partial charge in [0.25, 0.3) is 0 Å². The predicted molar refractivity (Wildman–Crippen MR) is 83.9 cm³/mol. The molecule has 0 saturated carbocycles. The third-order valence-corrected chi connectivity index (χ3v) is 4.69. The van der Waals surface area contributed by atoms with Crippen LogP contribution in [0.4, 0.5) is 0 Å². The van der Waals surface area contributed by atoms with Crippen molar-refractivity contribution in [1.29, 1.82) is 0 Å². The van der Waals surface area contributed by atoms with E-state index in [9.17, 15) is 8.42 Å². The zero-order valence-corrected chi connectivity index (χ0v) is 13.9. The third kappa shape index (κ3) is 6.29. The Morgan fingerprint density at radius 1 is 1.33 bits per heavy atom. The second kappa shape index (κ2) is 8.67. The summed E-state index contributed by atoms with van der Waals surface area (Å²) < 4.78 is 32.0. The fourth-order valence-corrected chi connectivity index (χ4v) is 3.14. The van der Waals surface area contributed by atoms with Crippen molar-refractivity contribution in [1.82, 2.24) is 9.62 Å². The number of sulfonamides is 1. The summed E-state index contributed by atoms with van der Waals surface area (Å²) in [6, 6.07) is 4.66. The molecule has 0 aromatic heterocycles. The zero-order valence-electron chi connectivity index (χ0n) is 12.3. The first-order chi connectivity index (χ1) is 9.86. The number of ether oxygens (including phenoxy) is 1. The van der Waals surface area contributed by atoms with Crippen LogP contribution >= 0.6 is 11.6 Å². The lowest BCUT2D eigenvalue weighted by atomic mass is 10.2. The molecule has 0 heterocycles. The van der Waals surface area contributed by atoms with Gasteiger partial charge in [0.15, 0.2) is 0 Å². The molecule has 0 aliphatic rings. The molecule has 0 amide bonds. The number of nitrogens with zero attached hydrogens (tertiary/aromatic N) is 1. The van der Waals surface area contributed by atoms with Gasteiger partial charge in [-0.15, -0.1) is 0 Å². The van der Waals surface area contributed by atoms with Crippen LogP contribution in [0.3, 0.4) is 0 Å². The van der Waals surface area contributed by atoms with E-state index in [1.807, 2.05) is 19.0 Å². The summed E-state index contributed by atoms with van der Waals surface area (Å²) >= 11 is 5.98. The van der Waals surface area contributed by atoms with Gasteiger partial charge in [-0.25, -0.2) is 13.1 Å². The van der Waals surface area contributed by atoms with Crippen LogP contribution in [0.25, 0.3) is 0 Å². The van der Waals surface area contributed by atoms with Crippen molar-refractivity contribution in [3.05, 3.63) is 28.8 Å². The standard InChI is InChI=1S/C13H22ClN3O3S/c1-17(2)6-8-20-7-5-16-21(18,19)13-4-3-11(10-15)9-12(13)14/h3-4,9,16H,5-8,10,15H2,1-2H3. The van der Waals surface area contributed by atoms with Crippen molar-refractivity contribution in [3.8, 4) is 0 Å². The third-order valence-electron chi connectivity index (χ3n) is 2.74. The normalized spacial score (nSPS) is 12.0. The van der Waals surface area contributed by atoms with Crippen molar-refractivity contribution < 1.29 is 13.2 Å². The van der Waals surface area contributed by atoms with E-state index in [0.29, 0.717) is 19.8 Å². The Kier molecular flexibility index (Phi) is 7.58. The largest absolute Gasteiger partial charge is 0.379 e. The molecule has 0 spiro atoms. The molecule has 21 heavy (non-hydrogen) atoms. The van der Waals surface area contributed by atoms with Crippen molar-refractivity contribution >= 4 is 21.6 Å². The van der Waals surface area contributed by atoms with Gasteiger partial charge in [-0.2, -0.15) is 0 Å². The van der Waals surface area contributed by atoms with Gasteiger partial charge in [0.05, 0.1) is 18.2 Å². The Bertz CT molecular complexity index is 550. The zero-order chi connectivity index (χ0) is 15.9. The molecule has 1 aromatic carbocycles. The van der Waals surface area contributed by atoms with Crippen LogP contribution in [0.1, 0.15) is 5.56 Å². The number of hydrogen-bond acceptors (Lipinski definition) is 5. The average molecular weight is 336 g/mol. The van der Waals surface area contributed by atoms with E-state index in [2.05, 4.69) is 4.72 Å². The maximum absolute atomic E-state index is 12.1. The molecule has 1 rings (SSSR count). The van der Waals surface area contributed by atoms with Crippen LogP contribution in [0, 0.1) is 0 Å². The average Bonchev–Trinajstić information content (AvgIpc) is 2.41. The van der Waals surface area contributed by atoms with Gasteiger partial charge in [0, 0.05) is 19.6 Å². The number of halogens is 1. The van der Waals surface area contributed by atoms with Gasteiger partial charge in [-0.1, -0.05) is 17.7 Å². The summed E-state index contributed by atoms with van der Waals surface area (Å²) in [7, 11) is 0.254. The van der Waals surface area contributed by atoms with Gasteiger partial charge in [0.1, 0.15) is 4.90 Å². The summed E-state index contributed by atoms with van der Waals surface area (Å²) in [5, 5.41) is 0.166. The lowest BCUT2D eigenvalue weighted by molar-refractivity contribution is 0.122. The molecule has 0 fully saturated rings. The van der Waals surface area contributed by atoms with Crippen LogP contribution in [0.2, 0.25) is 5.02 Å². The minimum atomic E-state index is -3.63. The molecule has 0 unspecified atom stereocenters. The Morgan fingerprint density at radius 3 is 2.62 bits per heavy atom. The summed E-state index contributed by atoms with van der Waals surface area (Å²) in [6.07, 6.45) is 0. The summed E-state index contributed by atoms with van der Waals surface area (Å²) in [4.78, 5) is 2.04. The Labute approximate surface area is 131 Å². The lowest BCUT2D eigenvalue weighted by Gasteiger charge is -2.11. The van der Waals surface area contributed by atoms with E-state index < -0.39 is 10.0 Å². The van der Waals surface area contributed by atoms with Crippen LogP contribution in [0.5, 0.6) is 0 Å². The molecule has 0 saturated heterocycles. The predicted octanol–water partition coefficient (Wildman–Crippen LogP) is 0.655. The monoisotopic (exact) mass is 335 g/mol. The molecule has 3 N–H and O–H groups in total. The number of nitrogens with two attached hydrogens (primary N) is 1. The minimum Gasteiger partial charge on any atom is -0.379 e. The molecular formula is C13H22ClN3O3S. The maximum atomic E-state index is 12.1. The van der Waals surface area contributed by atoms with Crippen molar-refractivity contribution in [2.75, 3.05) is 40.4 Å². The molecular weight excluding hydrogens is 314 g/mol. The molecule has 6 nitrogen and oxygen atoms in total. The van der Waals surface area contributed by atoms with Crippen LogP contribution < -0.4 is 10.5 Å². The second-order valence-electron chi connectivity index (χ2n) is 4.78. The number of benzene rings is 1. The molecule has 120 valence electrons. The van der Waals surface area contributed by atoms with Gasteiger partial charge in [-0.3, -0.25) is 0 Å². The molecule has 0 aliphatic heterocycles. The first-order valence-electron chi connectivity index (χ1n) is 6.57. The van der Waals surface area contributed by atoms with Crippen molar-refractivity contribution in [3.63, 3.8) is 0 Å². The van der Waals surface area contributed by atoms with Crippen molar-refractivity contribution in [2.24, 2.45) is 5.73 Å². The van der Waals surface area contributed by atoms with Gasteiger partial charge >= 0.3 is 0 Å². The smallest absolute Gasteiger partial charge is 0.242 e. The molecule has 0 radical (unpaired) electrons. The van der Waals surface area contributed by atoms with Gasteiger partial charge in [-0.05, 0) is 31.8 Å². The van der Waals surface area contributed by atoms with Gasteiger partial charge in [0.2, 0.25) is 10.0 Å². The van der Waals surface area contributed by atoms with Crippen LogP contribution in [0.15, 0.2) is 23.1 Å². The van der Waals surface area contributed by atoms with E-state index in [1.54, 1.807) is 12.1 Å². The van der Waals surface area contributed by atoms with E-state index >= 15 is 0 Å². The number of rotatable bonds is 9. The quantitative estimate of drug-likeness (QED) is 0.647. The van der Waals surface area contributed by atoms with Gasteiger partial charge < -0.3 is 15.4 Å². The highest BCUT2D eigenvalue weighted by Crippen LogP contribution is 2.22. The molecule has 0 atom stereocenters. The summed E-state index contributed by atoms with van der Waals surface area (Å²) in [5.74, 6) is 0. The Balaban J connectivity index is 2.50. The summed E-state index contributed by atoms with van der Waals surface area (Å²) in [6.45, 7) is 2.17. The molecule has 0 bridgehead atoms. The highest BCUT2D eigenvalue weighted by molar-refractivity contribution is 7.89. The second-order valence-corrected chi connectivity index (χ2v) is 6.92. The summed E-state index contributed by atoms with van der Waals surface area (Å²) in [5.41, 5.74) is 6.27. The highest BCUT2D eigenvalue weighted by Gasteiger charge is 2.17. The van der Waals surface area contributed by atoms with Crippen LogP contribution in [-0.2, 0) is 21.3 Å². The fourth-order valence-electron chi connectivity index (χ4n) is 1.56. The van der Waals surface area contributed by atoms with E-state index in [4.69, 9.17) is 22.1 Å². The number of nitrogens with one attached hydrogen (secondary N) is 1. The SMILES string of the molecule is CN(C)CCOCCNS(=O)(=O)c1ccc(CN)cc1Cl. The fraction of sp³-hybridized carbons (Fsp3) is 0.538. The first kappa shape index (κ1) is 18.3. The van der Waals surface area contributed by atoms with Crippen LogP contribution in [-0.4, -0.2) is 53.7 Å². The Morgan fingerprint density at radius 2 is 2.05 bits per heavy atom. The topological polar surface area (TPSA) is 84.7 Å². The minimum absolute atomic E-state index is 0.0506. The number of likely N-dealkylation sites (N-methyl/N-ethyl adjacent to an activating group) is 1. The van der Waals surface area contributed by atoms with E-state index in [0.717, 1.165) is 12.1 Å². The van der Waals surface area contributed by atoms with E-state index in [-0.39, 0.29) is 16.5 Å². The molecule has 0 aliphatic carbocycles. The maximum Gasteiger partial charge on any atom is 0.242 e. The Hall–Kier alpha value is -0.700. The number of hydrogen-bond donors (Lipinski definition) is 2.